The molecule has 0 unspecified atom stereocenters. The van der Waals surface area contributed by atoms with Gasteiger partial charge in [-0.3, -0.25) is 9.59 Å². The summed E-state index contributed by atoms with van der Waals surface area (Å²) in [6.07, 6.45) is 0.0198. The van der Waals surface area contributed by atoms with E-state index < -0.39 is 17.4 Å². The zero-order valence-electron chi connectivity index (χ0n) is 12.6. The highest BCUT2D eigenvalue weighted by Gasteiger charge is 2.25. The molecule has 1 aromatic carbocycles. The van der Waals surface area contributed by atoms with Crippen LogP contribution in [0.4, 0.5) is 5.69 Å². The van der Waals surface area contributed by atoms with Crippen molar-refractivity contribution in [3.63, 3.8) is 0 Å². The highest BCUT2D eigenvalue weighted by molar-refractivity contribution is 6.00. The fraction of sp³-hybridized carbons (Fsp3) is 0.429. The van der Waals surface area contributed by atoms with Crippen molar-refractivity contribution in [2.75, 3.05) is 20.0 Å². The molecule has 0 heterocycles. The number of carbonyl (C=O) groups is 2. The van der Waals surface area contributed by atoms with Crippen LogP contribution >= 0.6 is 0 Å². The number of amides is 2. The van der Waals surface area contributed by atoms with Gasteiger partial charge in [-0.25, -0.2) is 0 Å². The van der Waals surface area contributed by atoms with Crippen LogP contribution in [0, 0.1) is 0 Å². The number of primary amides is 1. The third kappa shape index (κ3) is 4.27. The molecule has 7 heteroatoms. The normalized spacial score (nSPS) is 10.9. The Kier molecular flexibility index (Phi) is 5.02. The summed E-state index contributed by atoms with van der Waals surface area (Å²) in [6, 6.07) is 3.00. The number of hydrogen-bond donors (Lipinski definition) is 3. The van der Waals surface area contributed by atoms with Crippen LogP contribution in [-0.2, 0) is 4.79 Å². The van der Waals surface area contributed by atoms with Gasteiger partial charge in [-0.05, 0) is 19.9 Å². The average Bonchev–Trinajstić information content (AvgIpc) is 2.35. The van der Waals surface area contributed by atoms with Crippen molar-refractivity contribution in [3.05, 3.63) is 17.7 Å². The van der Waals surface area contributed by atoms with Crippen LogP contribution in [0.25, 0.3) is 0 Å². The zero-order chi connectivity index (χ0) is 16.2. The second-order valence-corrected chi connectivity index (χ2v) is 5.28. The summed E-state index contributed by atoms with van der Waals surface area (Å²) in [5.74, 6) is -0.0900. The van der Waals surface area contributed by atoms with Gasteiger partial charge in [0.05, 0.1) is 19.8 Å². The summed E-state index contributed by atoms with van der Waals surface area (Å²) in [7, 11) is 2.94. The van der Waals surface area contributed by atoms with Crippen molar-refractivity contribution in [3.8, 4) is 11.5 Å². The number of ether oxygens (including phenoxy) is 2. The van der Waals surface area contributed by atoms with E-state index in [1.165, 1.54) is 26.4 Å². The van der Waals surface area contributed by atoms with Crippen molar-refractivity contribution in [1.82, 2.24) is 5.32 Å². The fourth-order valence-electron chi connectivity index (χ4n) is 1.95. The van der Waals surface area contributed by atoms with Crippen LogP contribution < -0.4 is 26.3 Å². The molecule has 0 saturated heterocycles. The summed E-state index contributed by atoms with van der Waals surface area (Å²) in [5, 5.41) is 2.72. The predicted molar refractivity (Wildman–Crippen MR) is 79.3 cm³/mol. The van der Waals surface area contributed by atoms with Gasteiger partial charge in [0.1, 0.15) is 0 Å². The second-order valence-electron chi connectivity index (χ2n) is 5.28. The van der Waals surface area contributed by atoms with Crippen LogP contribution in [-0.4, -0.2) is 31.6 Å². The first-order valence-electron chi connectivity index (χ1n) is 6.32. The number of hydrogen-bond acceptors (Lipinski definition) is 5. The number of anilines is 1. The van der Waals surface area contributed by atoms with Gasteiger partial charge in [-0.15, -0.1) is 0 Å². The summed E-state index contributed by atoms with van der Waals surface area (Å²) in [5.41, 5.74) is 10.7. The van der Waals surface area contributed by atoms with Gasteiger partial charge in [-0.2, -0.15) is 0 Å². The Morgan fingerprint density at radius 3 is 2.19 bits per heavy atom. The molecular formula is C14H21N3O4. The molecule has 1 rings (SSSR count). The molecule has 0 saturated carbocycles. The first-order valence-corrected chi connectivity index (χ1v) is 6.32. The molecule has 0 fully saturated rings. The highest BCUT2D eigenvalue weighted by atomic mass is 16.5. The molecule has 1 aromatic rings. The highest BCUT2D eigenvalue weighted by Crippen LogP contribution is 2.32. The van der Waals surface area contributed by atoms with Crippen LogP contribution in [0.1, 0.15) is 30.6 Å². The fourth-order valence-corrected chi connectivity index (χ4v) is 1.95. The smallest absolute Gasteiger partial charge is 0.253 e. The van der Waals surface area contributed by atoms with E-state index in [-0.39, 0.29) is 17.7 Å². The molecule has 7 nitrogen and oxygen atoms in total. The Bertz CT molecular complexity index is 555. The minimum absolute atomic E-state index is 0.0198. The molecule has 0 aromatic heterocycles. The maximum Gasteiger partial charge on any atom is 0.253 e. The Balaban J connectivity index is 3.05. The molecule has 0 radical (unpaired) electrons. The maximum absolute atomic E-state index is 12.3. The van der Waals surface area contributed by atoms with Crippen molar-refractivity contribution < 1.29 is 19.1 Å². The molecule has 0 aliphatic rings. The Morgan fingerprint density at radius 1 is 1.19 bits per heavy atom. The van der Waals surface area contributed by atoms with Gasteiger partial charge < -0.3 is 26.3 Å². The molecule has 0 aliphatic carbocycles. The predicted octanol–water partition coefficient (Wildman–Crippen LogP) is 0.670. The number of nitrogens with two attached hydrogens (primary N) is 2. The van der Waals surface area contributed by atoms with E-state index in [1.807, 2.05) is 0 Å². The van der Waals surface area contributed by atoms with Gasteiger partial charge in [0.15, 0.2) is 11.5 Å². The molecular weight excluding hydrogens is 274 g/mol. The quantitative estimate of drug-likeness (QED) is 0.667. The lowest BCUT2D eigenvalue weighted by atomic mass is 9.99. The third-order valence-corrected chi connectivity index (χ3v) is 2.87. The molecule has 5 N–H and O–H groups in total. The first-order chi connectivity index (χ1) is 9.70. The van der Waals surface area contributed by atoms with E-state index in [4.69, 9.17) is 20.9 Å². The van der Waals surface area contributed by atoms with Gasteiger partial charge in [-0.1, -0.05) is 0 Å². The van der Waals surface area contributed by atoms with Crippen molar-refractivity contribution in [1.29, 1.82) is 0 Å². The molecule has 0 atom stereocenters. The molecule has 21 heavy (non-hydrogen) atoms. The van der Waals surface area contributed by atoms with E-state index >= 15 is 0 Å². The number of nitrogens with one attached hydrogen (secondary N) is 1. The van der Waals surface area contributed by atoms with Gasteiger partial charge >= 0.3 is 0 Å². The molecule has 0 bridgehead atoms. The molecule has 0 aliphatic heterocycles. The minimum Gasteiger partial charge on any atom is -0.493 e. The lowest BCUT2D eigenvalue weighted by Gasteiger charge is -2.25. The van der Waals surface area contributed by atoms with Crippen LogP contribution in [0.2, 0.25) is 0 Å². The van der Waals surface area contributed by atoms with Crippen LogP contribution in [0.15, 0.2) is 12.1 Å². The summed E-state index contributed by atoms with van der Waals surface area (Å²) < 4.78 is 10.2. The number of carbonyl (C=O) groups excluding carboxylic acids is 2. The zero-order valence-corrected chi connectivity index (χ0v) is 12.6. The van der Waals surface area contributed by atoms with Crippen molar-refractivity contribution in [2.45, 2.75) is 25.8 Å². The second kappa shape index (κ2) is 6.34. The lowest BCUT2D eigenvalue weighted by Crippen LogP contribution is -2.46. The lowest BCUT2D eigenvalue weighted by molar-refractivity contribution is -0.119. The molecule has 2 amide bonds. The third-order valence-electron chi connectivity index (χ3n) is 2.87. The monoisotopic (exact) mass is 295 g/mol. The van der Waals surface area contributed by atoms with Gasteiger partial charge in [0.2, 0.25) is 5.91 Å². The van der Waals surface area contributed by atoms with Crippen molar-refractivity contribution >= 4 is 17.5 Å². The van der Waals surface area contributed by atoms with Crippen LogP contribution in [0.5, 0.6) is 11.5 Å². The Labute approximate surface area is 123 Å². The largest absolute Gasteiger partial charge is 0.493 e. The Morgan fingerprint density at radius 2 is 1.71 bits per heavy atom. The SMILES string of the molecule is COc1cc(N)c(C(=O)NC(C)(C)CC(N)=O)cc1OC. The van der Waals surface area contributed by atoms with Gasteiger partial charge in [0, 0.05) is 23.7 Å². The van der Waals surface area contributed by atoms with E-state index in [0.29, 0.717) is 11.5 Å². The van der Waals surface area contributed by atoms with E-state index in [0.717, 1.165) is 0 Å². The van der Waals surface area contributed by atoms with Crippen molar-refractivity contribution in [2.24, 2.45) is 5.73 Å². The standard InChI is InChI=1S/C14H21N3O4/c1-14(2,7-12(16)18)17-13(19)8-5-10(20-3)11(21-4)6-9(8)15/h5-6H,7,15H2,1-4H3,(H2,16,18)(H,17,19). The Hall–Kier alpha value is -2.44. The summed E-state index contributed by atoms with van der Waals surface area (Å²) >= 11 is 0. The van der Waals surface area contributed by atoms with Gasteiger partial charge in [0.25, 0.3) is 5.91 Å². The minimum atomic E-state index is -0.775. The van der Waals surface area contributed by atoms with E-state index in [9.17, 15) is 9.59 Å². The van der Waals surface area contributed by atoms with E-state index in [2.05, 4.69) is 5.32 Å². The van der Waals surface area contributed by atoms with E-state index in [1.54, 1.807) is 13.8 Å². The topological polar surface area (TPSA) is 117 Å². The number of nitrogen functional groups attached to an aromatic ring is 1. The molecule has 116 valence electrons. The number of rotatable bonds is 6. The number of benzene rings is 1. The average molecular weight is 295 g/mol. The van der Waals surface area contributed by atoms with Crippen LogP contribution in [0.3, 0.4) is 0 Å². The summed E-state index contributed by atoms with van der Waals surface area (Å²) in [4.78, 5) is 23.3. The molecule has 0 spiro atoms. The first kappa shape index (κ1) is 16.6. The maximum atomic E-state index is 12.3. The summed E-state index contributed by atoms with van der Waals surface area (Å²) in [6.45, 7) is 3.40. The number of methoxy groups -OCH3 is 2.